The predicted molar refractivity (Wildman–Crippen MR) is 97.2 cm³/mol. The molecule has 1 aliphatic rings. The Morgan fingerprint density at radius 2 is 1.50 bits per heavy atom. The monoisotopic (exact) mass is 351 g/mol. The van der Waals surface area contributed by atoms with Crippen LogP contribution in [0.15, 0.2) is 48.5 Å². The number of hydrogen-bond acceptors (Lipinski definition) is 4. The van der Waals surface area contributed by atoms with Gasteiger partial charge >= 0.3 is 5.97 Å². The molecule has 2 amide bonds. The molecule has 5 heteroatoms. The number of benzene rings is 2. The van der Waals surface area contributed by atoms with E-state index in [0.29, 0.717) is 22.8 Å². The molecule has 2 atom stereocenters. The summed E-state index contributed by atoms with van der Waals surface area (Å²) in [6.45, 7) is 5.74. The average Bonchev–Trinajstić information content (AvgIpc) is 2.92. The highest BCUT2D eigenvalue weighted by Gasteiger charge is 2.41. The van der Waals surface area contributed by atoms with E-state index >= 15 is 0 Å². The minimum absolute atomic E-state index is 0.315. The molecule has 0 unspecified atom stereocenters. The van der Waals surface area contributed by atoms with Gasteiger partial charge in [0.05, 0.1) is 11.1 Å². The van der Waals surface area contributed by atoms with Gasteiger partial charge in [-0.1, -0.05) is 38.1 Å². The summed E-state index contributed by atoms with van der Waals surface area (Å²) < 4.78 is 5.37. The normalized spacial score (nSPS) is 15.6. The van der Waals surface area contributed by atoms with E-state index in [1.165, 1.54) is 12.5 Å². The maximum Gasteiger partial charge on any atom is 0.334 e. The van der Waals surface area contributed by atoms with Crippen LogP contribution in [-0.2, 0) is 4.79 Å². The van der Waals surface area contributed by atoms with E-state index in [9.17, 15) is 14.4 Å². The van der Waals surface area contributed by atoms with Crippen LogP contribution in [0.3, 0.4) is 0 Å². The summed E-state index contributed by atoms with van der Waals surface area (Å²) in [5.41, 5.74) is 1.80. The first-order valence-electron chi connectivity index (χ1n) is 8.72. The van der Waals surface area contributed by atoms with E-state index in [0.717, 1.165) is 11.3 Å². The van der Waals surface area contributed by atoms with Gasteiger partial charge < -0.3 is 4.74 Å². The lowest BCUT2D eigenvalue weighted by atomic mass is 9.99. The second kappa shape index (κ2) is 7.12. The molecule has 5 nitrogen and oxygen atoms in total. The summed E-state index contributed by atoms with van der Waals surface area (Å²) >= 11 is 0. The van der Waals surface area contributed by atoms with Gasteiger partial charge in [0.1, 0.15) is 11.8 Å². The number of hydrogen-bond donors (Lipinski definition) is 0. The lowest BCUT2D eigenvalue weighted by Crippen LogP contribution is -2.44. The standard InChI is InChI=1S/C21H21NO4/c1-4-13(2)15-9-11-16(12-10-15)26-21(25)14(3)22-19(23)17-7-5-6-8-18(17)20(22)24/h5-14H,4H2,1-3H3/t13-,14+/m0/s1. The first-order chi connectivity index (χ1) is 12.4. The van der Waals surface area contributed by atoms with Crippen molar-refractivity contribution in [2.45, 2.75) is 39.2 Å². The Hall–Kier alpha value is -2.95. The molecule has 0 N–H and O–H groups in total. The molecule has 2 aromatic rings. The molecule has 0 fully saturated rings. The van der Waals surface area contributed by atoms with Crippen molar-refractivity contribution in [2.75, 3.05) is 0 Å². The van der Waals surface area contributed by atoms with E-state index < -0.39 is 23.8 Å². The van der Waals surface area contributed by atoms with E-state index in [-0.39, 0.29) is 0 Å². The number of imide groups is 1. The van der Waals surface area contributed by atoms with Crippen LogP contribution >= 0.6 is 0 Å². The molecule has 1 heterocycles. The molecule has 0 saturated carbocycles. The molecule has 1 aliphatic heterocycles. The van der Waals surface area contributed by atoms with Gasteiger partial charge in [-0.05, 0) is 49.1 Å². The number of amides is 2. The molecule has 2 aromatic carbocycles. The summed E-state index contributed by atoms with van der Waals surface area (Å²) in [6, 6.07) is 12.8. The highest BCUT2D eigenvalue weighted by molar-refractivity contribution is 6.22. The van der Waals surface area contributed by atoms with Gasteiger partial charge in [0.2, 0.25) is 0 Å². The maximum atomic E-state index is 12.5. The van der Waals surface area contributed by atoms with Crippen molar-refractivity contribution in [2.24, 2.45) is 0 Å². The quantitative estimate of drug-likeness (QED) is 0.467. The van der Waals surface area contributed by atoms with Crippen LogP contribution in [0.2, 0.25) is 0 Å². The predicted octanol–water partition coefficient (Wildman–Crippen LogP) is 3.79. The summed E-state index contributed by atoms with van der Waals surface area (Å²) in [5, 5.41) is 0. The molecular formula is C21H21NO4. The Labute approximate surface area is 152 Å². The van der Waals surface area contributed by atoms with E-state index in [1.807, 2.05) is 12.1 Å². The highest BCUT2D eigenvalue weighted by Crippen LogP contribution is 2.26. The van der Waals surface area contributed by atoms with E-state index in [1.54, 1.807) is 36.4 Å². The topological polar surface area (TPSA) is 63.7 Å². The molecule has 134 valence electrons. The molecule has 0 bridgehead atoms. The van der Waals surface area contributed by atoms with Crippen LogP contribution in [0, 0.1) is 0 Å². The lowest BCUT2D eigenvalue weighted by molar-refractivity contribution is -0.138. The van der Waals surface area contributed by atoms with Gasteiger partial charge in [0.15, 0.2) is 0 Å². The van der Waals surface area contributed by atoms with Gasteiger partial charge in [0, 0.05) is 0 Å². The summed E-state index contributed by atoms with van der Waals surface area (Å²) in [4.78, 5) is 38.3. The number of ether oxygens (including phenoxy) is 1. The second-order valence-corrected chi connectivity index (χ2v) is 6.50. The third-order valence-corrected chi connectivity index (χ3v) is 4.83. The molecule has 0 aromatic heterocycles. The summed E-state index contributed by atoms with van der Waals surface area (Å²) in [5.74, 6) is -0.761. The zero-order valence-corrected chi connectivity index (χ0v) is 15.1. The van der Waals surface area contributed by atoms with E-state index in [4.69, 9.17) is 4.74 Å². The van der Waals surface area contributed by atoms with Crippen molar-refractivity contribution in [3.63, 3.8) is 0 Å². The Balaban J connectivity index is 1.73. The van der Waals surface area contributed by atoms with E-state index in [2.05, 4.69) is 13.8 Å². The van der Waals surface area contributed by atoms with Crippen molar-refractivity contribution in [1.82, 2.24) is 4.90 Å². The number of nitrogens with zero attached hydrogens (tertiary/aromatic N) is 1. The fraction of sp³-hybridized carbons (Fsp3) is 0.286. The van der Waals surface area contributed by atoms with Gasteiger partial charge in [-0.2, -0.15) is 0 Å². The Bertz CT molecular complexity index is 822. The summed E-state index contributed by atoms with van der Waals surface area (Å²) in [7, 11) is 0. The first kappa shape index (κ1) is 17.9. The Morgan fingerprint density at radius 1 is 0.962 bits per heavy atom. The second-order valence-electron chi connectivity index (χ2n) is 6.50. The third-order valence-electron chi connectivity index (χ3n) is 4.83. The average molecular weight is 351 g/mol. The molecule has 0 saturated heterocycles. The van der Waals surface area contributed by atoms with Crippen molar-refractivity contribution in [3.05, 3.63) is 65.2 Å². The van der Waals surface area contributed by atoms with Crippen LogP contribution in [0.4, 0.5) is 0 Å². The zero-order valence-electron chi connectivity index (χ0n) is 15.1. The van der Waals surface area contributed by atoms with Crippen LogP contribution in [0.1, 0.15) is 59.4 Å². The Kier molecular flexibility index (Phi) is 4.89. The lowest BCUT2D eigenvalue weighted by Gasteiger charge is -2.21. The molecular weight excluding hydrogens is 330 g/mol. The fourth-order valence-electron chi connectivity index (χ4n) is 2.97. The maximum absolute atomic E-state index is 12.5. The smallest absolute Gasteiger partial charge is 0.334 e. The minimum Gasteiger partial charge on any atom is -0.425 e. The molecule has 0 radical (unpaired) electrons. The van der Waals surface area contributed by atoms with Crippen molar-refractivity contribution < 1.29 is 19.1 Å². The number of carbonyl (C=O) groups excluding carboxylic acids is 3. The largest absolute Gasteiger partial charge is 0.425 e. The minimum atomic E-state index is -1.00. The number of rotatable bonds is 5. The highest BCUT2D eigenvalue weighted by atomic mass is 16.5. The molecule has 26 heavy (non-hydrogen) atoms. The van der Waals surface area contributed by atoms with Gasteiger partial charge in [-0.3, -0.25) is 14.5 Å². The van der Waals surface area contributed by atoms with Crippen LogP contribution in [-0.4, -0.2) is 28.7 Å². The number of carbonyl (C=O) groups is 3. The number of esters is 1. The fourth-order valence-corrected chi connectivity index (χ4v) is 2.97. The van der Waals surface area contributed by atoms with Crippen molar-refractivity contribution >= 4 is 17.8 Å². The Morgan fingerprint density at radius 3 is 2.00 bits per heavy atom. The SMILES string of the molecule is CC[C@H](C)c1ccc(OC(=O)[C@@H](C)N2C(=O)c3ccccc3C2=O)cc1. The van der Waals surface area contributed by atoms with Gasteiger partial charge in [-0.15, -0.1) is 0 Å². The van der Waals surface area contributed by atoms with Crippen LogP contribution < -0.4 is 4.74 Å². The van der Waals surface area contributed by atoms with Gasteiger partial charge in [-0.25, -0.2) is 4.79 Å². The first-order valence-corrected chi connectivity index (χ1v) is 8.72. The van der Waals surface area contributed by atoms with Crippen LogP contribution in [0.5, 0.6) is 5.75 Å². The molecule has 3 rings (SSSR count). The number of fused-ring (bicyclic) bond motifs is 1. The van der Waals surface area contributed by atoms with Crippen molar-refractivity contribution in [1.29, 1.82) is 0 Å². The third kappa shape index (κ3) is 3.12. The zero-order chi connectivity index (χ0) is 18.8. The van der Waals surface area contributed by atoms with Gasteiger partial charge in [0.25, 0.3) is 11.8 Å². The summed E-state index contributed by atoms with van der Waals surface area (Å²) in [6.07, 6.45) is 1.02. The van der Waals surface area contributed by atoms with Crippen LogP contribution in [0.25, 0.3) is 0 Å². The molecule has 0 aliphatic carbocycles. The van der Waals surface area contributed by atoms with Crippen molar-refractivity contribution in [3.8, 4) is 5.75 Å². The molecule has 0 spiro atoms.